The predicted molar refractivity (Wildman–Crippen MR) is 95.8 cm³/mol. The second-order valence-electron chi connectivity index (χ2n) is 5.80. The second kappa shape index (κ2) is 9.63. The molecule has 4 rings (SSSR count). The van der Waals surface area contributed by atoms with E-state index in [-0.39, 0.29) is 23.1 Å². The van der Waals surface area contributed by atoms with Crippen LogP contribution in [0.15, 0.2) is 35.3 Å². The van der Waals surface area contributed by atoms with E-state index in [1.165, 1.54) is 11.5 Å². The molecule has 0 saturated heterocycles. The van der Waals surface area contributed by atoms with Gasteiger partial charge in [0.2, 0.25) is 0 Å². The summed E-state index contributed by atoms with van der Waals surface area (Å²) in [5.74, 6) is 2.31. The minimum atomic E-state index is 0. The number of amidine groups is 1. The minimum Gasteiger partial charge on any atom is -0.358 e. The third kappa shape index (κ3) is 4.64. The average Bonchev–Trinajstić information content (AvgIpc) is 3.34. The normalized spacial score (nSPS) is 26.6. The molecular weight excluding hydrogens is 336 g/mol. The molecule has 0 unspecified atom stereocenters. The third-order valence-electron chi connectivity index (χ3n) is 4.28. The minimum absolute atomic E-state index is 0. The fraction of sp³-hybridized carbons (Fsp3) is 0.190. The first-order valence-electron chi connectivity index (χ1n) is 8.01. The van der Waals surface area contributed by atoms with Crippen molar-refractivity contribution in [1.82, 2.24) is 4.90 Å². The first kappa shape index (κ1) is 19.5. The molecule has 24 heavy (non-hydrogen) atoms. The van der Waals surface area contributed by atoms with E-state index in [4.69, 9.17) is 4.99 Å². The Morgan fingerprint density at radius 1 is 0.833 bits per heavy atom. The summed E-state index contributed by atoms with van der Waals surface area (Å²) in [5, 5.41) is 0. The largest absolute Gasteiger partial charge is 2.00 e. The third-order valence-corrected chi connectivity index (χ3v) is 4.28. The number of hydrogen-bond donors (Lipinski definition) is 0. The van der Waals surface area contributed by atoms with Gasteiger partial charge in [-0.25, -0.2) is 0 Å². The number of rotatable bonds is 2. The Labute approximate surface area is 158 Å². The SMILES string of the molecule is C[C@H]1[C@H](c2ccccc2)N=C([C]2[CH][CH][CH][CH]2)N1C.[CH]1[CH][CH][CH][CH]1.[Fe+2]. The number of likely N-dealkylation sites (N-methyl/N-ethyl adjacent to an activating group) is 1. The van der Waals surface area contributed by atoms with Gasteiger partial charge in [-0.05, 0) is 70.3 Å². The van der Waals surface area contributed by atoms with Gasteiger partial charge < -0.3 is 4.90 Å². The van der Waals surface area contributed by atoms with Crippen molar-refractivity contribution in [3.8, 4) is 0 Å². The molecule has 1 aromatic rings. The van der Waals surface area contributed by atoms with Gasteiger partial charge in [-0.15, -0.1) is 0 Å². The molecule has 2 atom stereocenters. The van der Waals surface area contributed by atoms with Crippen LogP contribution in [0.1, 0.15) is 18.5 Å². The van der Waals surface area contributed by atoms with Gasteiger partial charge in [0, 0.05) is 13.0 Å². The van der Waals surface area contributed by atoms with Crippen LogP contribution < -0.4 is 0 Å². The topological polar surface area (TPSA) is 15.6 Å². The van der Waals surface area contributed by atoms with Crippen molar-refractivity contribution >= 4 is 5.84 Å². The monoisotopic (exact) mass is 358 g/mol. The molecule has 122 valence electrons. The molecule has 0 aromatic heterocycles. The molecule has 1 aliphatic heterocycles. The summed E-state index contributed by atoms with van der Waals surface area (Å²) in [5.41, 5.74) is 1.29. The summed E-state index contributed by atoms with van der Waals surface area (Å²) in [6.07, 6.45) is 18.4. The molecule has 1 aromatic carbocycles. The van der Waals surface area contributed by atoms with Crippen molar-refractivity contribution in [3.63, 3.8) is 0 Å². The summed E-state index contributed by atoms with van der Waals surface area (Å²) in [6, 6.07) is 11.2. The van der Waals surface area contributed by atoms with Crippen molar-refractivity contribution < 1.29 is 17.1 Å². The maximum Gasteiger partial charge on any atom is 2.00 e. The molecular formula is C21H22FeN2+2. The van der Waals surface area contributed by atoms with Crippen molar-refractivity contribution in [1.29, 1.82) is 0 Å². The number of benzene rings is 1. The summed E-state index contributed by atoms with van der Waals surface area (Å²) >= 11 is 0. The molecule has 2 aliphatic carbocycles. The molecule has 0 amide bonds. The van der Waals surface area contributed by atoms with E-state index in [0.717, 1.165) is 5.84 Å². The maximum absolute atomic E-state index is 4.91. The Morgan fingerprint density at radius 3 is 1.92 bits per heavy atom. The quantitative estimate of drug-likeness (QED) is 0.733. The molecule has 2 nitrogen and oxygen atoms in total. The van der Waals surface area contributed by atoms with Gasteiger partial charge in [-0.1, -0.05) is 30.3 Å². The molecule has 0 spiro atoms. The van der Waals surface area contributed by atoms with Gasteiger partial charge in [0.25, 0.3) is 0 Å². The van der Waals surface area contributed by atoms with E-state index in [0.29, 0.717) is 6.04 Å². The number of aliphatic imine (C=N–C) groups is 1. The zero-order chi connectivity index (χ0) is 16.1. The van der Waals surface area contributed by atoms with Crippen LogP contribution in [0.3, 0.4) is 0 Å². The van der Waals surface area contributed by atoms with E-state index >= 15 is 0 Å². The molecule has 3 heteroatoms. The number of hydrogen-bond acceptors (Lipinski definition) is 2. The summed E-state index contributed by atoms with van der Waals surface area (Å²) in [4.78, 5) is 7.18. The van der Waals surface area contributed by atoms with Crippen LogP contribution in [0.25, 0.3) is 0 Å². The average molecular weight is 358 g/mol. The predicted octanol–water partition coefficient (Wildman–Crippen LogP) is 3.88. The molecule has 1 heterocycles. The Kier molecular flexibility index (Phi) is 7.84. The van der Waals surface area contributed by atoms with Crippen LogP contribution in [0.4, 0.5) is 0 Å². The van der Waals surface area contributed by atoms with E-state index in [1.54, 1.807) is 0 Å². The van der Waals surface area contributed by atoms with Gasteiger partial charge in [0.1, 0.15) is 5.84 Å². The molecule has 3 aliphatic rings. The Hall–Kier alpha value is -0.791. The van der Waals surface area contributed by atoms with Crippen LogP contribution >= 0.6 is 0 Å². The van der Waals surface area contributed by atoms with Crippen LogP contribution in [0.5, 0.6) is 0 Å². The molecule has 2 saturated carbocycles. The van der Waals surface area contributed by atoms with Crippen LogP contribution in [0, 0.1) is 63.7 Å². The van der Waals surface area contributed by atoms with E-state index in [1.807, 2.05) is 32.1 Å². The first-order valence-corrected chi connectivity index (χ1v) is 8.01. The van der Waals surface area contributed by atoms with Crippen molar-refractivity contribution in [3.05, 3.63) is 99.6 Å². The Morgan fingerprint density at radius 2 is 1.38 bits per heavy atom. The summed E-state index contributed by atoms with van der Waals surface area (Å²) < 4.78 is 0. The van der Waals surface area contributed by atoms with E-state index in [9.17, 15) is 0 Å². The van der Waals surface area contributed by atoms with Crippen molar-refractivity contribution in [2.75, 3.05) is 7.05 Å². The van der Waals surface area contributed by atoms with Gasteiger partial charge in [-0.3, -0.25) is 4.99 Å². The molecule has 0 bridgehead atoms. The van der Waals surface area contributed by atoms with Crippen molar-refractivity contribution in [2.45, 2.75) is 19.0 Å². The summed E-state index contributed by atoms with van der Waals surface area (Å²) in [7, 11) is 2.12. The Bertz CT molecular complexity index is 496. The fourth-order valence-electron chi connectivity index (χ4n) is 2.86. The van der Waals surface area contributed by atoms with Gasteiger partial charge in [-0.2, -0.15) is 0 Å². The zero-order valence-corrected chi connectivity index (χ0v) is 15.1. The van der Waals surface area contributed by atoms with Gasteiger partial charge >= 0.3 is 17.1 Å². The number of nitrogens with zero attached hydrogens (tertiary/aromatic N) is 2. The smallest absolute Gasteiger partial charge is 0.358 e. The van der Waals surface area contributed by atoms with E-state index < -0.39 is 0 Å². The van der Waals surface area contributed by atoms with E-state index in [2.05, 4.69) is 74.9 Å². The summed E-state index contributed by atoms with van der Waals surface area (Å²) in [6.45, 7) is 2.23. The zero-order valence-electron chi connectivity index (χ0n) is 14.0. The first-order chi connectivity index (χ1) is 11.3. The Balaban J connectivity index is 0.000000300. The van der Waals surface area contributed by atoms with Crippen molar-refractivity contribution in [2.24, 2.45) is 4.99 Å². The van der Waals surface area contributed by atoms with Gasteiger partial charge in [0.05, 0.1) is 12.1 Å². The fourth-order valence-corrected chi connectivity index (χ4v) is 2.86. The maximum atomic E-state index is 4.91. The molecule has 10 radical (unpaired) electrons. The van der Waals surface area contributed by atoms with Crippen LogP contribution in [0.2, 0.25) is 0 Å². The molecule has 0 N–H and O–H groups in total. The van der Waals surface area contributed by atoms with Gasteiger partial charge in [0.15, 0.2) is 0 Å². The molecule has 2 fully saturated rings. The second-order valence-corrected chi connectivity index (χ2v) is 5.80. The van der Waals surface area contributed by atoms with Crippen LogP contribution in [-0.4, -0.2) is 23.8 Å². The standard InChI is InChI=1S/C16H17N2.C5H5.Fe/c1-12-15(13-8-4-3-5-9-13)17-16(18(12)2)14-10-6-7-11-14;1-2-4-5-3-1;/h3-12,15H,1-2H3;1-5H;/q;;+2/t12-,15+;;/m0../s1. The van der Waals surface area contributed by atoms with Crippen LogP contribution in [-0.2, 0) is 17.1 Å².